The van der Waals surface area contributed by atoms with E-state index >= 15 is 0 Å². The number of anilines is 1. The van der Waals surface area contributed by atoms with E-state index in [0.717, 1.165) is 5.56 Å². The lowest BCUT2D eigenvalue weighted by atomic mass is 10.1. The fourth-order valence-electron chi connectivity index (χ4n) is 1.97. The first-order chi connectivity index (χ1) is 11.1. The van der Waals surface area contributed by atoms with Crippen LogP contribution in [0.5, 0.6) is 11.5 Å². The second-order valence-electron chi connectivity index (χ2n) is 4.70. The SMILES string of the molecule is COc1ccc(OC)c(/C(C)=N\NC(=O)Nc2ccccc2)c1. The first kappa shape index (κ1) is 16.4. The van der Waals surface area contributed by atoms with Gasteiger partial charge in [-0.2, -0.15) is 5.10 Å². The molecule has 0 aliphatic carbocycles. The maximum absolute atomic E-state index is 11.8. The van der Waals surface area contributed by atoms with Crippen molar-refractivity contribution >= 4 is 17.4 Å². The minimum Gasteiger partial charge on any atom is -0.497 e. The third kappa shape index (κ3) is 4.47. The second kappa shape index (κ2) is 7.84. The number of para-hydroxylation sites is 1. The normalized spacial score (nSPS) is 10.8. The van der Waals surface area contributed by atoms with Gasteiger partial charge in [-0.05, 0) is 37.3 Å². The first-order valence-electron chi connectivity index (χ1n) is 7.02. The van der Waals surface area contributed by atoms with Crippen molar-refractivity contribution in [3.63, 3.8) is 0 Å². The highest BCUT2D eigenvalue weighted by Gasteiger charge is 2.09. The van der Waals surface area contributed by atoms with Crippen molar-refractivity contribution in [2.75, 3.05) is 19.5 Å². The molecule has 2 N–H and O–H groups in total. The van der Waals surface area contributed by atoms with Crippen LogP contribution in [0.3, 0.4) is 0 Å². The van der Waals surface area contributed by atoms with Crippen LogP contribution < -0.4 is 20.2 Å². The molecule has 23 heavy (non-hydrogen) atoms. The van der Waals surface area contributed by atoms with Gasteiger partial charge in [-0.15, -0.1) is 0 Å². The number of amides is 2. The van der Waals surface area contributed by atoms with Crippen LogP contribution in [0.15, 0.2) is 53.6 Å². The molecule has 0 spiro atoms. The van der Waals surface area contributed by atoms with E-state index in [1.54, 1.807) is 51.5 Å². The topological polar surface area (TPSA) is 72.0 Å². The van der Waals surface area contributed by atoms with Crippen molar-refractivity contribution in [3.8, 4) is 11.5 Å². The van der Waals surface area contributed by atoms with E-state index in [2.05, 4.69) is 15.8 Å². The highest BCUT2D eigenvalue weighted by atomic mass is 16.5. The zero-order chi connectivity index (χ0) is 16.7. The average molecular weight is 313 g/mol. The van der Waals surface area contributed by atoms with Crippen LogP contribution in [-0.4, -0.2) is 26.0 Å². The Labute approximate surface area is 135 Å². The molecular formula is C17H19N3O3. The molecule has 0 aliphatic heterocycles. The van der Waals surface area contributed by atoms with Crippen LogP contribution in [0, 0.1) is 0 Å². The molecule has 0 saturated carbocycles. The molecule has 0 bridgehead atoms. The number of methoxy groups -OCH3 is 2. The number of carbonyl (C=O) groups excluding carboxylic acids is 1. The summed E-state index contributed by atoms with van der Waals surface area (Å²) >= 11 is 0. The standard InChI is InChI=1S/C17H19N3O3/c1-12(15-11-14(22-2)9-10-16(15)23-3)19-20-17(21)18-13-7-5-4-6-8-13/h4-11H,1-3H3,(H2,18,20,21)/b19-12-. The number of hydrazone groups is 1. The van der Waals surface area contributed by atoms with Crippen molar-refractivity contribution in [2.45, 2.75) is 6.92 Å². The molecule has 0 atom stereocenters. The van der Waals surface area contributed by atoms with Gasteiger partial charge < -0.3 is 14.8 Å². The molecule has 120 valence electrons. The Hall–Kier alpha value is -3.02. The fraction of sp³-hybridized carbons (Fsp3) is 0.176. The summed E-state index contributed by atoms with van der Waals surface area (Å²) in [6, 6.07) is 14.1. The lowest BCUT2D eigenvalue weighted by Gasteiger charge is -2.10. The number of carbonyl (C=O) groups is 1. The van der Waals surface area contributed by atoms with E-state index in [4.69, 9.17) is 9.47 Å². The van der Waals surface area contributed by atoms with Crippen molar-refractivity contribution in [3.05, 3.63) is 54.1 Å². The summed E-state index contributed by atoms with van der Waals surface area (Å²) in [6.07, 6.45) is 0. The van der Waals surface area contributed by atoms with Gasteiger partial charge in [0.05, 0.1) is 19.9 Å². The molecule has 6 nitrogen and oxygen atoms in total. The number of ether oxygens (including phenoxy) is 2. The molecule has 0 radical (unpaired) electrons. The molecule has 6 heteroatoms. The predicted octanol–water partition coefficient (Wildman–Crippen LogP) is 3.25. The number of urea groups is 1. The average Bonchev–Trinajstić information content (AvgIpc) is 2.60. The first-order valence-corrected chi connectivity index (χ1v) is 7.02. The molecule has 0 saturated heterocycles. The van der Waals surface area contributed by atoms with E-state index in [0.29, 0.717) is 22.9 Å². The summed E-state index contributed by atoms with van der Waals surface area (Å²) in [5.74, 6) is 1.33. The van der Waals surface area contributed by atoms with E-state index in [1.807, 2.05) is 18.2 Å². The smallest absolute Gasteiger partial charge is 0.339 e. The van der Waals surface area contributed by atoms with Crippen molar-refractivity contribution in [2.24, 2.45) is 5.10 Å². The molecule has 2 rings (SSSR count). The lowest BCUT2D eigenvalue weighted by Crippen LogP contribution is -2.25. The molecule has 0 fully saturated rings. The summed E-state index contributed by atoms with van der Waals surface area (Å²) in [7, 11) is 3.16. The van der Waals surface area contributed by atoms with Crippen LogP contribution in [0.25, 0.3) is 0 Å². The van der Waals surface area contributed by atoms with Crippen LogP contribution in [0.4, 0.5) is 10.5 Å². The van der Waals surface area contributed by atoms with Crippen LogP contribution >= 0.6 is 0 Å². The third-order valence-electron chi connectivity index (χ3n) is 3.15. The van der Waals surface area contributed by atoms with Gasteiger partial charge in [0, 0.05) is 11.3 Å². The Balaban J connectivity index is 2.09. The Morgan fingerprint density at radius 1 is 1.04 bits per heavy atom. The van der Waals surface area contributed by atoms with Gasteiger partial charge in [-0.25, -0.2) is 10.2 Å². The number of benzene rings is 2. The molecule has 0 heterocycles. The summed E-state index contributed by atoms with van der Waals surface area (Å²) in [5, 5.41) is 6.78. The predicted molar refractivity (Wildman–Crippen MR) is 90.4 cm³/mol. The Morgan fingerprint density at radius 3 is 2.43 bits per heavy atom. The van der Waals surface area contributed by atoms with Crippen molar-refractivity contribution < 1.29 is 14.3 Å². The van der Waals surface area contributed by atoms with Crippen LogP contribution in [0.2, 0.25) is 0 Å². The van der Waals surface area contributed by atoms with Crippen LogP contribution in [-0.2, 0) is 0 Å². The van der Waals surface area contributed by atoms with Gasteiger partial charge >= 0.3 is 6.03 Å². The minimum atomic E-state index is -0.419. The van der Waals surface area contributed by atoms with Gasteiger partial charge in [0.1, 0.15) is 11.5 Å². The molecule has 2 amide bonds. The van der Waals surface area contributed by atoms with Crippen molar-refractivity contribution in [1.82, 2.24) is 5.43 Å². The highest BCUT2D eigenvalue weighted by Crippen LogP contribution is 2.24. The summed E-state index contributed by atoms with van der Waals surface area (Å²) in [6.45, 7) is 1.78. The minimum absolute atomic E-state index is 0.419. The molecule has 0 unspecified atom stereocenters. The van der Waals surface area contributed by atoms with Crippen molar-refractivity contribution in [1.29, 1.82) is 0 Å². The fourth-order valence-corrected chi connectivity index (χ4v) is 1.97. The largest absolute Gasteiger partial charge is 0.497 e. The highest BCUT2D eigenvalue weighted by molar-refractivity contribution is 6.02. The van der Waals surface area contributed by atoms with Gasteiger partial charge in [0.2, 0.25) is 0 Å². The Bertz CT molecular complexity index is 699. The number of hydrogen-bond acceptors (Lipinski definition) is 4. The second-order valence-corrected chi connectivity index (χ2v) is 4.70. The lowest BCUT2D eigenvalue weighted by molar-refractivity contribution is 0.252. The number of rotatable bonds is 5. The summed E-state index contributed by atoms with van der Waals surface area (Å²) in [5.41, 5.74) is 4.49. The summed E-state index contributed by atoms with van der Waals surface area (Å²) in [4.78, 5) is 11.8. The molecular weight excluding hydrogens is 294 g/mol. The maximum Gasteiger partial charge on any atom is 0.339 e. The van der Waals surface area contributed by atoms with Gasteiger partial charge in [0.25, 0.3) is 0 Å². The van der Waals surface area contributed by atoms with E-state index < -0.39 is 6.03 Å². The Morgan fingerprint density at radius 2 is 1.78 bits per heavy atom. The molecule has 0 aromatic heterocycles. The van der Waals surface area contributed by atoms with E-state index in [1.165, 1.54) is 0 Å². The molecule has 2 aromatic carbocycles. The number of nitrogens with zero attached hydrogens (tertiary/aromatic N) is 1. The third-order valence-corrected chi connectivity index (χ3v) is 3.15. The number of hydrogen-bond donors (Lipinski definition) is 2. The monoisotopic (exact) mass is 313 g/mol. The van der Waals surface area contributed by atoms with Gasteiger partial charge in [0.15, 0.2) is 0 Å². The quantitative estimate of drug-likeness (QED) is 0.657. The molecule has 0 aliphatic rings. The zero-order valence-corrected chi connectivity index (χ0v) is 13.3. The van der Waals surface area contributed by atoms with Gasteiger partial charge in [-0.3, -0.25) is 0 Å². The van der Waals surface area contributed by atoms with Gasteiger partial charge in [-0.1, -0.05) is 18.2 Å². The Kier molecular flexibility index (Phi) is 5.57. The van der Waals surface area contributed by atoms with E-state index in [9.17, 15) is 4.79 Å². The van der Waals surface area contributed by atoms with Crippen LogP contribution in [0.1, 0.15) is 12.5 Å². The molecule has 2 aromatic rings. The number of nitrogens with one attached hydrogen (secondary N) is 2. The zero-order valence-electron chi connectivity index (χ0n) is 13.3. The maximum atomic E-state index is 11.8. The summed E-state index contributed by atoms with van der Waals surface area (Å²) < 4.78 is 10.5. The van der Waals surface area contributed by atoms with E-state index in [-0.39, 0.29) is 0 Å².